The predicted molar refractivity (Wildman–Crippen MR) is 80.2 cm³/mol. The maximum absolute atomic E-state index is 12.7. The van der Waals surface area contributed by atoms with Gasteiger partial charge >= 0.3 is 6.18 Å². The van der Waals surface area contributed by atoms with Crippen molar-refractivity contribution in [3.05, 3.63) is 40.9 Å². The lowest BCUT2D eigenvalue weighted by molar-refractivity contribution is -0.141. The van der Waals surface area contributed by atoms with Gasteiger partial charge in [-0.1, -0.05) is 0 Å². The Labute approximate surface area is 138 Å². The molecule has 23 heavy (non-hydrogen) atoms. The van der Waals surface area contributed by atoms with Crippen LogP contribution in [0.15, 0.2) is 35.2 Å². The zero-order chi connectivity index (χ0) is 16.4. The van der Waals surface area contributed by atoms with Gasteiger partial charge in [0, 0.05) is 31.6 Å². The van der Waals surface area contributed by atoms with Crippen molar-refractivity contribution in [2.24, 2.45) is 0 Å². The molecular weight excluding hydrogens is 377 g/mol. The van der Waals surface area contributed by atoms with Gasteiger partial charge in [0.05, 0.1) is 11.0 Å². The van der Waals surface area contributed by atoms with Crippen molar-refractivity contribution < 1.29 is 17.9 Å². The molecule has 2 aromatic heterocycles. The van der Waals surface area contributed by atoms with E-state index in [9.17, 15) is 13.2 Å². The minimum atomic E-state index is -4.48. The summed E-state index contributed by atoms with van der Waals surface area (Å²) in [6, 6.07) is 2.59. The number of halogens is 4. The molecule has 1 unspecified atom stereocenters. The molecule has 2 aromatic rings. The molecule has 3 heterocycles. The molecule has 0 bridgehead atoms. The molecule has 0 N–H and O–H groups in total. The molecule has 3 rings (SSSR count). The van der Waals surface area contributed by atoms with E-state index in [2.05, 4.69) is 30.9 Å². The minimum Gasteiger partial charge on any atom is -0.487 e. The fourth-order valence-corrected chi connectivity index (χ4v) is 2.65. The van der Waals surface area contributed by atoms with Gasteiger partial charge < -0.3 is 9.64 Å². The summed E-state index contributed by atoms with van der Waals surface area (Å²) in [4.78, 5) is 13.2. The van der Waals surface area contributed by atoms with E-state index in [1.54, 1.807) is 23.4 Å². The van der Waals surface area contributed by atoms with Gasteiger partial charge in [0.25, 0.3) is 0 Å². The first-order valence-corrected chi connectivity index (χ1v) is 7.64. The molecule has 0 aromatic carbocycles. The van der Waals surface area contributed by atoms with E-state index < -0.39 is 11.9 Å². The maximum Gasteiger partial charge on any atom is 0.433 e. The molecule has 1 atom stereocenters. The highest BCUT2D eigenvalue weighted by Gasteiger charge is 2.34. The smallest absolute Gasteiger partial charge is 0.433 e. The number of aromatic nitrogens is 3. The molecule has 1 fully saturated rings. The Kier molecular flexibility index (Phi) is 4.38. The van der Waals surface area contributed by atoms with E-state index >= 15 is 0 Å². The zero-order valence-electron chi connectivity index (χ0n) is 11.8. The van der Waals surface area contributed by atoms with E-state index in [1.807, 2.05) is 0 Å². The summed E-state index contributed by atoms with van der Waals surface area (Å²) < 4.78 is 44.7. The highest BCUT2D eigenvalue weighted by Crippen LogP contribution is 2.30. The number of anilines is 1. The van der Waals surface area contributed by atoms with Crippen LogP contribution in [0.3, 0.4) is 0 Å². The van der Waals surface area contributed by atoms with Gasteiger partial charge in [-0.3, -0.25) is 4.98 Å². The van der Waals surface area contributed by atoms with Gasteiger partial charge in [0.2, 0.25) is 5.95 Å². The topological polar surface area (TPSA) is 51.1 Å². The van der Waals surface area contributed by atoms with E-state index in [0.717, 1.165) is 16.7 Å². The third-order valence-electron chi connectivity index (χ3n) is 3.39. The number of hydrogen-bond acceptors (Lipinski definition) is 5. The van der Waals surface area contributed by atoms with E-state index in [0.29, 0.717) is 25.3 Å². The molecule has 0 saturated carbocycles. The molecule has 5 nitrogen and oxygen atoms in total. The highest BCUT2D eigenvalue weighted by atomic mass is 79.9. The van der Waals surface area contributed by atoms with Gasteiger partial charge in [0.1, 0.15) is 17.5 Å². The summed E-state index contributed by atoms with van der Waals surface area (Å²) in [5, 5.41) is 0. The van der Waals surface area contributed by atoms with Crippen molar-refractivity contribution in [3.8, 4) is 5.75 Å². The lowest BCUT2D eigenvalue weighted by atomic mass is 10.3. The number of rotatable bonds is 3. The summed E-state index contributed by atoms with van der Waals surface area (Å²) in [5.41, 5.74) is -0.941. The molecule has 9 heteroatoms. The Bertz CT molecular complexity index is 698. The largest absolute Gasteiger partial charge is 0.487 e. The molecule has 0 radical (unpaired) electrons. The number of ether oxygens (including phenoxy) is 1. The molecule has 1 aliphatic rings. The van der Waals surface area contributed by atoms with Crippen LogP contribution in [0.25, 0.3) is 0 Å². The van der Waals surface area contributed by atoms with Crippen molar-refractivity contribution in [2.45, 2.75) is 18.7 Å². The average molecular weight is 389 g/mol. The Morgan fingerprint density at radius 2 is 2.09 bits per heavy atom. The van der Waals surface area contributed by atoms with E-state index in [4.69, 9.17) is 4.74 Å². The van der Waals surface area contributed by atoms with Crippen LogP contribution in [0.5, 0.6) is 5.75 Å². The van der Waals surface area contributed by atoms with Crippen LogP contribution in [0.4, 0.5) is 19.1 Å². The van der Waals surface area contributed by atoms with Crippen LogP contribution < -0.4 is 9.64 Å². The zero-order valence-corrected chi connectivity index (χ0v) is 13.4. The first-order chi connectivity index (χ1) is 10.9. The second-order valence-electron chi connectivity index (χ2n) is 5.02. The normalized spacial score (nSPS) is 18.3. The Hall–Kier alpha value is -1.90. The number of nitrogens with zero attached hydrogens (tertiary/aromatic N) is 4. The standard InChI is InChI=1S/C14H12BrF3N4O/c15-10-7-19-4-1-11(10)23-9-3-6-22(8-9)13-20-5-2-12(21-13)14(16,17)18/h1-2,4-5,7,9H,3,6,8H2. The van der Waals surface area contributed by atoms with E-state index in [1.165, 1.54) is 0 Å². The van der Waals surface area contributed by atoms with Crippen molar-refractivity contribution in [3.63, 3.8) is 0 Å². The SMILES string of the molecule is FC(F)(F)c1ccnc(N2CCC(Oc3ccncc3Br)C2)n1. The molecule has 1 saturated heterocycles. The highest BCUT2D eigenvalue weighted by molar-refractivity contribution is 9.10. The monoisotopic (exact) mass is 388 g/mol. The van der Waals surface area contributed by atoms with Crippen LogP contribution in [-0.2, 0) is 6.18 Å². The fraction of sp³-hybridized carbons (Fsp3) is 0.357. The van der Waals surface area contributed by atoms with Crippen molar-refractivity contribution in [1.29, 1.82) is 0 Å². The summed E-state index contributed by atoms with van der Waals surface area (Å²) in [6.45, 7) is 0.963. The second kappa shape index (κ2) is 6.31. The maximum atomic E-state index is 12.7. The quantitative estimate of drug-likeness (QED) is 0.807. The lowest BCUT2D eigenvalue weighted by Gasteiger charge is -2.18. The van der Waals surface area contributed by atoms with Crippen molar-refractivity contribution in [2.75, 3.05) is 18.0 Å². The van der Waals surface area contributed by atoms with E-state index in [-0.39, 0.29) is 12.1 Å². The number of hydrogen-bond donors (Lipinski definition) is 0. The van der Waals surface area contributed by atoms with Gasteiger partial charge in [-0.2, -0.15) is 13.2 Å². The first-order valence-electron chi connectivity index (χ1n) is 6.85. The van der Waals surface area contributed by atoms with Crippen molar-refractivity contribution >= 4 is 21.9 Å². The molecule has 0 amide bonds. The third-order valence-corrected chi connectivity index (χ3v) is 3.99. The lowest BCUT2D eigenvalue weighted by Crippen LogP contribution is -2.26. The van der Waals surface area contributed by atoms with Crippen LogP contribution in [0, 0.1) is 0 Å². The summed E-state index contributed by atoms with van der Waals surface area (Å²) in [5.74, 6) is 0.719. The first kappa shape index (κ1) is 16.0. The average Bonchev–Trinajstić information content (AvgIpc) is 2.98. The fourth-order valence-electron chi connectivity index (χ4n) is 2.30. The Morgan fingerprint density at radius 3 is 2.83 bits per heavy atom. The van der Waals surface area contributed by atoms with Crippen LogP contribution in [0.2, 0.25) is 0 Å². The van der Waals surface area contributed by atoms with Crippen LogP contribution in [0.1, 0.15) is 12.1 Å². The van der Waals surface area contributed by atoms with Crippen molar-refractivity contribution in [1.82, 2.24) is 15.0 Å². The summed E-state index contributed by atoms with van der Waals surface area (Å²) >= 11 is 3.34. The van der Waals surface area contributed by atoms with Gasteiger partial charge in [-0.05, 0) is 28.1 Å². The second-order valence-corrected chi connectivity index (χ2v) is 5.87. The number of alkyl halides is 3. The minimum absolute atomic E-state index is 0.0692. The van der Waals surface area contributed by atoms with Gasteiger partial charge in [0.15, 0.2) is 0 Å². The molecule has 0 aliphatic carbocycles. The van der Waals surface area contributed by atoms with Gasteiger partial charge in [-0.15, -0.1) is 0 Å². The molecular formula is C14H12BrF3N4O. The summed E-state index contributed by atoms with van der Waals surface area (Å²) in [7, 11) is 0. The Morgan fingerprint density at radius 1 is 1.26 bits per heavy atom. The third kappa shape index (κ3) is 3.72. The van der Waals surface area contributed by atoms with Crippen LogP contribution in [-0.4, -0.2) is 34.1 Å². The number of pyridine rings is 1. The van der Waals surface area contributed by atoms with Gasteiger partial charge in [-0.25, -0.2) is 9.97 Å². The summed E-state index contributed by atoms with van der Waals surface area (Å²) in [6.07, 6.45) is 0.412. The molecule has 0 spiro atoms. The molecule has 1 aliphatic heterocycles. The van der Waals surface area contributed by atoms with Crippen LogP contribution >= 0.6 is 15.9 Å². The Balaban J connectivity index is 1.69. The molecule has 122 valence electrons. The predicted octanol–water partition coefficient (Wildman–Crippen LogP) is 3.31.